The molecule has 0 saturated carbocycles. The van der Waals surface area contributed by atoms with Gasteiger partial charge in [0.15, 0.2) is 0 Å². The molecule has 1 aromatic heterocycles. The zero-order valence-corrected chi connectivity index (χ0v) is 8.42. The third kappa shape index (κ3) is 4.02. The second kappa shape index (κ2) is 4.21. The SMILES string of the molecule is CC(C)(F)CCNc1ncc(N)cn1. The van der Waals surface area contributed by atoms with Crippen LogP contribution in [0.15, 0.2) is 12.4 Å². The van der Waals surface area contributed by atoms with Crippen molar-refractivity contribution >= 4 is 11.6 Å². The minimum atomic E-state index is -1.17. The molecule has 0 aliphatic rings. The molecule has 3 N–H and O–H groups in total. The third-order valence-corrected chi connectivity index (χ3v) is 1.67. The quantitative estimate of drug-likeness (QED) is 0.771. The van der Waals surface area contributed by atoms with Crippen LogP contribution in [0.5, 0.6) is 0 Å². The zero-order chi connectivity index (χ0) is 10.6. The number of anilines is 2. The molecule has 0 bridgehead atoms. The van der Waals surface area contributed by atoms with Crippen molar-refractivity contribution in [3.63, 3.8) is 0 Å². The fourth-order valence-electron chi connectivity index (χ4n) is 0.901. The van der Waals surface area contributed by atoms with E-state index in [0.29, 0.717) is 24.6 Å². The fourth-order valence-corrected chi connectivity index (χ4v) is 0.901. The van der Waals surface area contributed by atoms with Gasteiger partial charge in [-0.1, -0.05) is 0 Å². The van der Waals surface area contributed by atoms with Crippen molar-refractivity contribution in [2.24, 2.45) is 0 Å². The maximum absolute atomic E-state index is 13.1. The Morgan fingerprint density at radius 3 is 2.50 bits per heavy atom. The maximum Gasteiger partial charge on any atom is 0.222 e. The summed E-state index contributed by atoms with van der Waals surface area (Å²) in [6.45, 7) is 3.59. The molecule has 0 spiro atoms. The van der Waals surface area contributed by atoms with Crippen LogP contribution in [0.1, 0.15) is 20.3 Å². The van der Waals surface area contributed by atoms with E-state index in [1.54, 1.807) is 13.8 Å². The lowest BCUT2D eigenvalue weighted by Gasteiger charge is -2.13. The monoisotopic (exact) mass is 198 g/mol. The average molecular weight is 198 g/mol. The average Bonchev–Trinajstić information content (AvgIpc) is 2.06. The van der Waals surface area contributed by atoms with E-state index in [4.69, 9.17) is 5.73 Å². The largest absolute Gasteiger partial charge is 0.396 e. The predicted molar refractivity (Wildman–Crippen MR) is 54.7 cm³/mol. The lowest BCUT2D eigenvalue weighted by Crippen LogP contribution is -2.18. The third-order valence-electron chi connectivity index (χ3n) is 1.67. The molecule has 0 fully saturated rings. The zero-order valence-electron chi connectivity index (χ0n) is 8.42. The minimum Gasteiger partial charge on any atom is -0.396 e. The summed E-state index contributed by atoms with van der Waals surface area (Å²) in [5.41, 5.74) is 4.76. The molecule has 4 nitrogen and oxygen atoms in total. The Labute approximate surface area is 82.8 Å². The lowest BCUT2D eigenvalue weighted by molar-refractivity contribution is 0.207. The van der Waals surface area contributed by atoms with Crippen molar-refractivity contribution in [3.8, 4) is 0 Å². The first-order valence-electron chi connectivity index (χ1n) is 4.48. The second-order valence-corrected chi connectivity index (χ2v) is 3.74. The van der Waals surface area contributed by atoms with Crippen LogP contribution in [0, 0.1) is 0 Å². The Hall–Kier alpha value is -1.39. The molecule has 5 heteroatoms. The standard InChI is InChI=1S/C9H15FN4/c1-9(2,10)3-4-12-8-13-5-7(11)6-14-8/h5-6H,3-4,11H2,1-2H3,(H,12,13,14). The van der Waals surface area contributed by atoms with E-state index in [9.17, 15) is 4.39 Å². The highest BCUT2D eigenvalue weighted by Gasteiger charge is 2.14. The van der Waals surface area contributed by atoms with Crippen molar-refractivity contribution in [1.29, 1.82) is 0 Å². The number of nitrogens with two attached hydrogens (primary N) is 1. The summed E-state index contributed by atoms with van der Waals surface area (Å²) >= 11 is 0. The van der Waals surface area contributed by atoms with Crippen LogP contribution in [0.3, 0.4) is 0 Å². The molecular formula is C9H15FN4. The van der Waals surface area contributed by atoms with Crippen molar-refractivity contribution in [1.82, 2.24) is 9.97 Å². The highest BCUT2D eigenvalue weighted by Crippen LogP contribution is 2.13. The summed E-state index contributed by atoms with van der Waals surface area (Å²) in [4.78, 5) is 7.86. The smallest absolute Gasteiger partial charge is 0.222 e. The first-order chi connectivity index (χ1) is 6.47. The molecule has 14 heavy (non-hydrogen) atoms. The Morgan fingerprint density at radius 2 is 2.00 bits per heavy atom. The van der Waals surface area contributed by atoms with Crippen LogP contribution in [0.2, 0.25) is 0 Å². The molecule has 1 aromatic rings. The Balaban J connectivity index is 2.35. The van der Waals surface area contributed by atoms with Crippen LogP contribution in [-0.2, 0) is 0 Å². The van der Waals surface area contributed by atoms with Gasteiger partial charge < -0.3 is 11.1 Å². The first-order valence-corrected chi connectivity index (χ1v) is 4.48. The van der Waals surface area contributed by atoms with E-state index in [1.807, 2.05) is 0 Å². The van der Waals surface area contributed by atoms with E-state index in [-0.39, 0.29) is 0 Å². The molecular weight excluding hydrogens is 183 g/mol. The number of rotatable bonds is 4. The van der Waals surface area contributed by atoms with Gasteiger partial charge in [0.2, 0.25) is 5.95 Å². The van der Waals surface area contributed by atoms with E-state index in [0.717, 1.165) is 0 Å². The van der Waals surface area contributed by atoms with E-state index in [2.05, 4.69) is 15.3 Å². The molecule has 0 atom stereocenters. The van der Waals surface area contributed by atoms with Gasteiger partial charge in [0, 0.05) is 6.54 Å². The van der Waals surface area contributed by atoms with E-state index in [1.165, 1.54) is 12.4 Å². The van der Waals surface area contributed by atoms with Crippen molar-refractivity contribution < 1.29 is 4.39 Å². The number of aromatic nitrogens is 2. The minimum absolute atomic E-state index is 0.417. The van der Waals surface area contributed by atoms with Crippen molar-refractivity contribution in [3.05, 3.63) is 12.4 Å². The number of nitrogens with zero attached hydrogens (tertiary/aromatic N) is 2. The Morgan fingerprint density at radius 1 is 1.43 bits per heavy atom. The Kier molecular flexibility index (Phi) is 3.22. The summed E-state index contributed by atoms with van der Waals surface area (Å²) in [6, 6.07) is 0. The molecule has 0 amide bonds. The van der Waals surface area contributed by atoms with Crippen LogP contribution < -0.4 is 11.1 Å². The number of hydrogen-bond acceptors (Lipinski definition) is 4. The van der Waals surface area contributed by atoms with Gasteiger partial charge in [0.25, 0.3) is 0 Å². The van der Waals surface area contributed by atoms with Crippen molar-refractivity contribution in [2.45, 2.75) is 25.9 Å². The van der Waals surface area contributed by atoms with E-state index < -0.39 is 5.67 Å². The van der Waals surface area contributed by atoms with Crippen LogP contribution >= 0.6 is 0 Å². The number of nitrogens with one attached hydrogen (secondary N) is 1. The topological polar surface area (TPSA) is 63.8 Å². The van der Waals surface area contributed by atoms with Gasteiger partial charge in [0.1, 0.15) is 5.67 Å². The van der Waals surface area contributed by atoms with Gasteiger partial charge in [-0.2, -0.15) is 0 Å². The fraction of sp³-hybridized carbons (Fsp3) is 0.556. The highest BCUT2D eigenvalue weighted by atomic mass is 19.1. The Bertz CT molecular complexity index is 278. The lowest BCUT2D eigenvalue weighted by atomic mass is 10.1. The molecule has 1 rings (SSSR count). The normalized spacial score (nSPS) is 11.4. The van der Waals surface area contributed by atoms with Gasteiger partial charge in [-0.05, 0) is 20.3 Å². The number of halogens is 1. The van der Waals surface area contributed by atoms with Gasteiger partial charge in [-0.25, -0.2) is 14.4 Å². The van der Waals surface area contributed by atoms with Crippen LogP contribution in [0.25, 0.3) is 0 Å². The number of hydrogen-bond donors (Lipinski definition) is 2. The molecule has 78 valence electrons. The highest BCUT2D eigenvalue weighted by molar-refractivity contribution is 5.35. The number of alkyl halides is 1. The predicted octanol–water partition coefficient (Wildman–Crippen LogP) is 1.61. The van der Waals surface area contributed by atoms with Crippen LogP contribution in [-0.4, -0.2) is 22.2 Å². The summed E-state index contributed by atoms with van der Waals surface area (Å²) in [6.07, 6.45) is 3.44. The molecule has 0 radical (unpaired) electrons. The van der Waals surface area contributed by atoms with E-state index >= 15 is 0 Å². The summed E-state index contributed by atoms with van der Waals surface area (Å²) in [5.74, 6) is 0.475. The summed E-state index contributed by atoms with van der Waals surface area (Å²) in [5, 5.41) is 2.91. The molecule has 1 heterocycles. The summed E-state index contributed by atoms with van der Waals surface area (Å²) < 4.78 is 13.1. The van der Waals surface area contributed by atoms with Gasteiger partial charge in [0.05, 0.1) is 18.1 Å². The molecule has 0 aliphatic heterocycles. The van der Waals surface area contributed by atoms with Gasteiger partial charge in [-0.15, -0.1) is 0 Å². The molecule has 0 aromatic carbocycles. The maximum atomic E-state index is 13.1. The summed E-state index contributed by atoms with van der Waals surface area (Å²) in [7, 11) is 0. The van der Waals surface area contributed by atoms with Gasteiger partial charge in [-0.3, -0.25) is 0 Å². The molecule has 0 aliphatic carbocycles. The number of nitrogen functional groups attached to an aromatic ring is 1. The molecule has 0 unspecified atom stereocenters. The second-order valence-electron chi connectivity index (χ2n) is 3.74. The van der Waals surface area contributed by atoms with Crippen molar-refractivity contribution in [2.75, 3.05) is 17.6 Å². The van der Waals surface area contributed by atoms with Crippen LogP contribution in [0.4, 0.5) is 16.0 Å². The van der Waals surface area contributed by atoms with Gasteiger partial charge >= 0.3 is 0 Å². The molecule has 0 saturated heterocycles. The first kappa shape index (κ1) is 10.7.